The van der Waals surface area contributed by atoms with Crippen LogP contribution >= 0.6 is 11.3 Å². The Balaban J connectivity index is 1.84. The van der Waals surface area contributed by atoms with E-state index in [1.807, 2.05) is 5.38 Å². The summed E-state index contributed by atoms with van der Waals surface area (Å²) in [6, 6.07) is 5.29. The molecule has 0 bridgehead atoms. The molecule has 1 aromatic carbocycles. The number of alkyl halides is 3. The molecule has 1 atom stereocenters. The molecule has 0 saturated heterocycles. The van der Waals surface area contributed by atoms with Crippen molar-refractivity contribution in [2.75, 3.05) is 4.90 Å². The van der Waals surface area contributed by atoms with Crippen LogP contribution < -0.4 is 9.64 Å². The number of rotatable bonds is 3. The fourth-order valence-electron chi connectivity index (χ4n) is 2.09. The summed E-state index contributed by atoms with van der Waals surface area (Å²) >= 11 is 1.45. The van der Waals surface area contributed by atoms with Crippen LogP contribution in [0.25, 0.3) is 5.57 Å². The van der Waals surface area contributed by atoms with Gasteiger partial charge in [0.2, 0.25) is 0 Å². The maximum atomic E-state index is 12.2. The Morgan fingerprint density at radius 1 is 1.22 bits per heavy atom. The first-order chi connectivity index (χ1) is 10.9. The number of thiazole rings is 1. The Bertz CT molecular complexity index is 724. The molecule has 1 aromatic heterocycles. The lowest BCUT2D eigenvalue weighted by Crippen LogP contribution is -2.30. The summed E-state index contributed by atoms with van der Waals surface area (Å²) in [5.74, 6) is -0.313. The van der Waals surface area contributed by atoms with Gasteiger partial charge in [0.1, 0.15) is 17.0 Å². The predicted molar refractivity (Wildman–Crippen MR) is 80.8 cm³/mol. The Labute approximate surface area is 133 Å². The summed E-state index contributed by atoms with van der Waals surface area (Å²) in [5, 5.41) is 12.7. The first-order valence-electron chi connectivity index (χ1n) is 6.54. The third-order valence-corrected chi connectivity index (χ3v) is 3.88. The predicted octanol–water partition coefficient (Wildman–Crippen LogP) is 3.78. The number of hydrogen-bond acceptors (Lipinski definition) is 5. The van der Waals surface area contributed by atoms with Crippen molar-refractivity contribution in [3.63, 3.8) is 0 Å². The zero-order valence-electron chi connectivity index (χ0n) is 11.6. The van der Waals surface area contributed by atoms with Gasteiger partial charge < -0.3 is 14.7 Å². The number of aliphatic hydroxyl groups is 1. The number of aromatic nitrogens is 1. The van der Waals surface area contributed by atoms with Crippen LogP contribution in [-0.4, -0.2) is 22.7 Å². The summed E-state index contributed by atoms with van der Waals surface area (Å²) in [4.78, 5) is 5.73. The van der Waals surface area contributed by atoms with E-state index in [1.54, 1.807) is 24.5 Å². The van der Waals surface area contributed by atoms with Crippen molar-refractivity contribution in [2.45, 2.75) is 12.6 Å². The molecular weight excluding hydrogens is 329 g/mol. The summed E-state index contributed by atoms with van der Waals surface area (Å²) in [5.41, 5.74) is 1.34. The van der Waals surface area contributed by atoms with E-state index in [4.69, 9.17) is 0 Å². The van der Waals surface area contributed by atoms with Gasteiger partial charge in [-0.1, -0.05) is 6.08 Å². The van der Waals surface area contributed by atoms with Gasteiger partial charge in [-0.15, -0.1) is 24.5 Å². The quantitative estimate of drug-likeness (QED) is 0.924. The lowest BCUT2D eigenvalue weighted by atomic mass is 10.1. The van der Waals surface area contributed by atoms with E-state index in [0.29, 0.717) is 5.69 Å². The first-order valence-corrected chi connectivity index (χ1v) is 7.42. The summed E-state index contributed by atoms with van der Waals surface area (Å²) in [7, 11) is 0. The van der Waals surface area contributed by atoms with E-state index in [1.165, 1.54) is 40.5 Å². The maximum absolute atomic E-state index is 12.2. The van der Waals surface area contributed by atoms with E-state index < -0.39 is 12.6 Å². The minimum Gasteiger partial charge on any atom is -0.406 e. The zero-order valence-corrected chi connectivity index (χ0v) is 12.4. The second-order valence-electron chi connectivity index (χ2n) is 4.64. The minimum absolute atomic E-state index is 0.313. The second kappa shape index (κ2) is 6.05. The standard InChI is InChI=1S/C15H11F3N2O2S/c16-15(17,18)22-12-4-2-11(3-5-12)20-9-10(1-6-13(20)21)14-19-7-8-23-14/h1-9,13,21H. The van der Waals surface area contributed by atoms with Crippen molar-refractivity contribution in [2.24, 2.45) is 0 Å². The number of nitrogens with zero attached hydrogens (tertiary/aromatic N) is 2. The van der Waals surface area contributed by atoms with Crippen molar-refractivity contribution in [3.8, 4) is 5.75 Å². The number of anilines is 1. The van der Waals surface area contributed by atoms with Gasteiger partial charge in [0.15, 0.2) is 0 Å². The fourth-order valence-corrected chi connectivity index (χ4v) is 2.72. The molecular formula is C15H11F3N2O2S. The molecule has 4 nitrogen and oxygen atoms in total. The smallest absolute Gasteiger partial charge is 0.406 e. The number of aliphatic hydroxyl groups excluding tert-OH is 1. The molecule has 1 aliphatic heterocycles. The Morgan fingerprint density at radius 3 is 2.57 bits per heavy atom. The lowest BCUT2D eigenvalue weighted by molar-refractivity contribution is -0.274. The monoisotopic (exact) mass is 340 g/mol. The number of halogens is 3. The zero-order chi connectivity index (χ0) is 16.4. The molecule has 0 saturated carbocycles. The lowest BCUT2D eigenvalue weighted by Gasteiger charge is -2.28. The minimum atomic E-state index is -4.73. The van der Waals surface area contributed by atoms with Gasteiger partial charge in [-0.25, -0.2) is 4.98 Å². The molecule has 1 aliphatic rings. The SMILES string of the molecule is OC1C=CC(c2nccs2)=CN1c1ccc(OC(F)(F)F)cc1. The Hall–Kier alpha value is -2.32. The van der Waals surface area contributed by atoms with Crippen molar-refractivity contribution >= 4 is 22.6 Å². The van der Waals surface area contributed by atoms with Crippen LogP contribution in [0.3, 0.4) is 0 Å². The number of hydrogen-bond donors (Lipinski definition) is 1. The number of ether oxygens (including phenoxy) is 1. The van der Waals surface area contributed by atoms with Gasteiger partial charge in [-0.2, -0.15) is 0 Å². The molecule has 1 unspecified atom stereocenters. The van der Waals surface area contributed by atoms with Crippen LogP contribution in [-0.2, 0) is 0 Å². The Morgan fingerprint density at radius 2 is 1.96 bits per heavy atom. The van der Waals surface area contributed by atoms with Crippen molar-refractivity contribution in [1.29, 1.82) is 0 Å². The molecule has 0 radical (unpaired) electrons. The van der Waals surface area contributed by atoms with Gasteiger partial charge in [-0.05, 0) is 30.3 Å². The van der Waals surface area contributed by atoms with Crippen LogP contribution in [0.15, 0.2) is 54.2 Å². The molecule has 0 aliphatic carbocycles. The average Bonchev–Trinajstić information content (AvgIpc) is 3.01. The van der Waals surface area contributed by atoms with Gasteiger partial charge in [-0.3, -0.25) is 0 Å². The molecule has 120 valence electrons. The topological polar surface area (TPSA) is 45.6 Å². The van der Waals surface area contributed by atoms with Crippen molar-refractivity contribution in [1.82, 2.24) is 4.98 Å². The summed E-state index contributed by atoms with van der Waals surface area (Å²) in [6.45, 7) is 0. The molecule has 2 aromatic rings. The third kappa shape index (κ3) is 3.72. The normalized spacial score (nSPS) is 18.0. The van der Waals surface area contributed by atoms with Crippen molar-refractivity contribution in [3.05, 3.63) is 59.2 Å². The highest BCUT2D eigenvalue weighted by Gasteiger charge is 2.31. The van der Waals surface area contributed by atoms with Gasteiger partial charge in [0.25, 0.3) is 0 Å². The van der Waals surface area contributed by atoms with Gasteiger partial charge in [0, 0.05) is 29.0 Å². The molecule has 0 amide bonds. The molecule has 2 heterocycles. The molecule has 23 heavy (non-hydrogen) atoms. The van der Waals surface area contributed by atoms with Gasteiger partial charge in [0.05, 0.1) is 0 Å². The molecule has 8 heteroatoms. The van der Waals surface area contributed by atoms with E-state index in [2.05, 4.69) is 9.72 Å². The maximum Gasteiger partial charge on any atom is 0.573 e. The van der Waals surface area contributed by atoms with Crippen molar-refractivity contribution < 1.29 is 23.0 Å². The van der Waals surface area contributed by atoms with E-state index in [9.17, 15) is 18.3 Å². The van der Waals surface area contributed by atoms with Crippen LogP contribution in [0.4, 0.5) is 18.9 Å². The van der Waals surface area contributed by atoms with Crippen LogP contribution in [0.2, 0.25) is 0 Å². The summed E-state index contributed by atoms with van der Waals surface area (Å²) < 4.78 is 40.3. The van der Waals surface area contributed by atoms with Gasteiger partial charge >= 0.3 is 6.36 Å². The number of benzene rings is 1. The molecule has 0 fully saturated rings. The highest BCUT2D eigenvalue weighted by atomic mass is 32.1. The third-order valence-electron chi connectivity index (χ3n) is 3.06. The summed E-state index contributed by atoms with van der Waals surface area (Å²) in [6.07, 6.45) is 1.06. The Kier molecular flexibility index (Phi) is 4.10. The largest absolute Gasteiger partial charge is 0.573 e. The van der Waals surface area contributed by atoms with E-state index in [-0.39, 0.29) is 5.75 Å². The van der Waals surface area contributed by atoms with Crippen LogP contribution in [0.5, 0.6) is 5.75 Å². The fraction of sp³-hybridized carbons (Fsp3) is 0.133. The molecule has 1 N–H and O–H groups in total. The van der Waals surface area contributed by atoms with E-state index >= 15 is 0 Å². The number of allylic oxidation sites excluding steroid dienone is 2. The highest BCUT2D eigenvalue weighted by molar-refractivity contribution is 7.10. The molecule has 0 spiro atoms. The highest BCUT2D eigenvalue weighted by Crippen LogP contribution is 2.30. The second-order valence-corrected chi connectivity index (χ2v) is 5.54. The average molecular weight is 340 g/mol. The van der Waals surface area contributed by atoms with Crippen LogP contribution in [0.1, 0.15) is 5.01 Å². The van der Waals surface area contributed by atoms with Crippen LogP contribution in [0, 0.1) is 0 Å². The van der Waals surface area contributed by atoms with E-state index in [0.717, 1.165) is 10.6 Å². The first kappa shape index (κ1) is 15.6. The molecule has 3 rings (SSSR count).